The normalized spacial score (nSPS) is 14.5. The van der Waals surface area contributed by atoms with E-state index in [4.69, 9.17) is 9.05 Å². The standard InChI is InChI=1S/C50H97N2O6P/c1-6-8-10-12-14-16-18-20-22-23-24-25-26-27-28-29-30-31-33-35-37-39-41-43-49(53)48(47-58-59(55,56)57-46-45-52(3,4)5)51-50(54)44-42-40-38-36-34-32-21-19-17-15-13-11-9-7-2/h13,15,19,21,41,43,48-49,53H,6-12,14,16-18,20,22-40,42,44-47H2,1-5H3,(H-,51,54,55,56)/b15-13-,21-19-,43-41+. The number of hydrogen-bond acceptors (Lipinski definition) is 6. The fourth-order valence-electron chi connectivity index (χ4n) is 7.11. The lowest BCUT2D eigenvalue weighted by Crippen LogP contribution is -2.45. The van der Waals surface area contributed by atoms with Crippen molar-refractivity contribution in [2.24, 2.45) is 0 Å². The molecule has 0 aliphatic heterocycles. The van der Waals surface area contributed by atoms with Crippen molar-refractivity contribution in [1.82, 2.24) is 5.32 Å². The number of aliphatic hydroxyl groups is 1. The molecule has 8 nitrogen and oxygen atoms in total. The maximum atomic E-state index is 12.9. The fourth-order valence-corrected chi connectivity index (χ4v) is 7.83. The Morgan fingerprint density at radius 2 is 1.00 bits per heavy atom. The Morgan fingerprint density at radius 3 is 1.46 bits per heavy atom. The minimum absolute atomic E-state index is 0.00394. The molecule has 0 rings (SSSR count). The molecule has 0 fully saturated rings. The molecule has 3 unspecified atom stereocenters. The van der Waals surface area contributed by atoms with E-state index >= 15 is 0 Å². The zero-order valence-corrected chi connectivity index (χ0v) is 40.4. The summed E-state index contributed by atoms with van der Waals surface area (Å²) < 4.78 is 23.2. The number of allylic oxidation sites excluding steroid dienone is 5. The Morgan fingerprint density at radius 1 is 0.593 bits per heavy atom. The van der Waals surface area contributed by atoms with Crippen LogP contribution >= 0.6 is 7.82 Å². The quantitative estimate of drug-likeness (QED) is 0.0273. The van der Waals surface area contributed by atoms with Gasteiger partial charge in [-0.3, -0.25) is 9.36 Å². The third-order valence-corrected chi connectivity index (χ3v) is 12.1. The molecule has 0 heterocycles. The summed E-state index contributed by atoms with van der Waals surface area (Å²) in [5.41, 5.74) is 0. The molecule has 0 aromatic heterocycles. The summed E-state index contributed by atoms with van der Waals surface area (Å²) in [7, 11) is 1.25. The van der Waals surface area contributed by atoms with Crippen molar-refractivity contribution in [3.8, 4) is 0 Å². The molecule has 0 aromatic rings. The van der Waals surface area contributed by atoms with Gasteiger partial charge in [-0.2, -0.15) is 0 Å². The lowest BCUT2D eigenvalue weighted by molar-refractivity contribution is -0.870. The van der Waals surface area contributed by atoms with Gasteiger partial charge in [-0.05, 0) is 44.9 Å². The van der Waals surface area contributed by atoms with Crippen molar-refractivity contribution in [3.05, 3.63) is 36.5 Å². The molecular weight excluding hydrogens is 756 g/mol. The van der Waals surface area contributed by atoms with Crippen molar-refractivity contribution >= 4 is 13.7 Å². The molecule has 0 spiro atoms. The van der Waals surface area contributed by atoms with Gasteiger partial charge >= 0.3 is 0 Å². The third-order valence-electron chi connectivity index (χ3n) is 11.1. The summed E-state index contributed by atoms with van der Waals surface area (Å²) in [6, 6.07) is -0.893. The Hall–Kier alpha value is -1.28. The van der Waals surface area contributed by atoms with Crippen molar-refractivity contribution in [1.29, 1.82) is 0 Å². The minimum Gasteiger partial charge on any atom is -0.756 e. The average Bonchev–Trinajstić information content (AvgIpc) is 3.19. The minimum atomic E-state index is -4.59. The van der Waals surface area contributed by atoms with Crippen LogP contribution in [0.15, 0.2) is 36.5 Å². The van der Waals surface area contributed by atoms with Crippen molar-refractivity contribution in [2.75, 3.05) is 40.9 Å². The smallest absolute Gasteiger partial charge is 0.268 e. The summed E-state index contributed by atoms with van der Waals surface area (Å²) in [4.78, 5) is 25.3. The molecule has 3 atom stereocenters. The van der Waals surface area contributed by atoms with Gasteiger partial charge in [0.25, 0.3) is 7.82 Å². The number of quaternary nitrogens is 1. The number of phosphoric acid groups is 1. The summed E-state index contributed by atoms with van der Waals surface area (Å²) in [5, 5.41) is 13.8. The largest absolute Gasteiger partial charge is 0.756 e. The second-order valence-corrected chi connectivity index (χ2v) is 19.6. The number of nitrogens with one attached hydrogen (secondary N) is 1. The number of carbonyl (C=O) groups is 1. The molecule has 59 heavy (non-hydrogen) atoms. The van der Waals surface area contributed by atoms with Gasteiger partial charge < -0.3 is 28.8 Å². The van der Waals surface area contributed by atoms with Crippen LogP contribution in [0.2, 0.25) is 0 Å². The number of amides is 1. The molecule has 348 valence electrons. The van der Waals surface area contributed by atoms with Gasteiger partial charge in [0.1, 0.15) is 13.2 Å². The van der Waals surface area contributed by atoms with Gasteiger partial charge in [0.15, 0.2) is 0 Å². The highest BCUT2D eigenvalue weighted by molar-refractivity contribution is 7.45. The molecular formula is C50H97N2O6P. The maximum absolute atomic E-state index is 12.9. The highest BCUT2D eigenvalue weighted by Gasteiger charge is 2.23. The number of unbranched alkanes of at least 4 members (excludes halogenated alkanes) is 28. The maximum Gasteiger partial charge on any atom is 0.268 e. The van der Waals surface area contributed by atoms with E-state index in [1.165, 1.54) is 141 Å². The molecule has 0 radical (unpaired) electrons. The van der Waals surface area contributed by atoms with Crippen LogP contribution in [-0.4, -0.2) is 68.5 Å². The Balaban J connectivity index is 4.30. The number of likely N-dealkylation sites (N-methyl/N-ethyl adjacent to an activating group) is 1. The number of nitrogens with zero attached hydrogens (tertiary/aromatic N) is 1. The fraction of sp³-hybridized carbons (Fsp3) is 0.860. The predicted octanol–water partition coefficient (Wildman–Crippen LogP) is 13.6. The first-order chi connectivity index (χ1) is 28.5. The average molecular weight is 853 g/mol. The molecule has 0 aliphatic carbocycles. The van der Waals surface area contributed by atoms with E-state index in [1.807, 2.05) is 27.2 Å². The van der Waals surface area contributed by atoms with Crippen LogP contribution in [0.25, 0.3) is 0 Å². The summed E-state index contributed by atoms with van der Waals surface area (Å²) in [6.45, 7) is 4.61. The van der Waals surface area contributed by atoms with Gasteiger partial charge in [0.05, 0.1) is 39.9 Å². The first kappa shape index (κ1) is 57.7. The van der Waals surface area contributed by atoms with Crippen molar-refractivity contribution < 1.29 is 32.9 Å². The van der Waals surface area contributed by atoms with Crippen LogP contribution in [0.5, 0.6) is 0 Å². The first-order valence-corrected chi connectivity index (χ1v) is 26.3. The lowest BCUT2D eigenvalue weighted by Gasteiger charge is -2.29. The van der Waals surface area contributed by atoms with Crippen LogP contribution in [0.3, 0.4) is 0 Å². The molecule has 0 bridgehead atoms. The van der Waals surface area contributed by atoms with Gasteiger partial charge in [-0.1, -0.05) is 211 Å². The van der Waals surface area contributed by atoms with E-state index in [0.29, 0.717) is 17.4 Å². The van der Waals surface area contributed by atoms with Crippen molar-refractivity contribution in [3.63, 3.8) is 0 Å². The number of hydrogen-bond donors (Lipinski definition) is 2. The highest BCUT2D eigenvalue weighted by atomic mass is 31.2. The zero-order chi connectivity index (χ0) is 43.6. The Labute approximate surface area is 366 Å². The molecule has 9 heteroatoms. The number of carbonyl (C=O) groups excluding carboxylic acids is 1. The van der Waals surface area contributed by atoms with E-state index in [9.17, 15) is 19.4 Å². The van der Waals surface area contributed by atoms with E-state index in [1.54, 1.807) is 6.08 Å². The molecule has 0 aromatic carbocycles. The van der Waals surface area contributed by atoms with Crippen LogP contribution in [0, 0.1) is 0 Å². The third kappa shape index (κ3) is 44.6. The van der Waals surface area contributed by atoms with Crippen LogP contribution in [-0.2, 0) is 18.4 Å². The topological polar surface area (TPSA) is 108 Å². The van der Waals surface area contributed by atoms with Crippen LogP contribution in [0.1, 0.15) is 226 Å². The van der Waals surface area contributed by atoms with Crippen LogP contribution < -0.4 is 10.2 Å². The SMILES string of the molecule is CCCC/C=C\C/C=C\CCCCCCCC(=O)NC(COP(=O)([O-])OCC[N+](C)(C)C)C(O)/C=C/CCCCCCCCCCCCCCCCCCCCCCC. The van der Waals surface area contributed by atoms with Crippen LogP contribution in [0.4, 0.5) is 0 Å². The molecule has 0 aliphatic rings. The van der Waals surface area contributed by atoms with Crippen molar-refractivity contribution in [2.45, 2.75) is 238 Å². The Kier molecular flexibility index (Phi) is 41.1. The summed E-state index contributed by atoms with van der Waals surface area (Å²) in [6.07, 6.45) is 52.0. The summed E-state index contributed by atoms with van der Waals surface area (Å²) in [5.74, 6) is -0.211. The summed E-state index contributed by atoms with van der Waals surface area (Å²) >= 11 is 0. The number of phosphoric ester groups is 1. The monoisotopic (exact) mass is 853 g/mol. The number of aliphatic hydroxyl groups excluding tert-OH is 1. The van der Waals surface area contributed by atoms with Gasteiger partial charge in [-0.15, -0.1) is 0 Å². The van der Waals surface area contributed by atoms with Gasteiger partial charge in [-0.25, -0.2) is 0 Å². The molecule has 0 saturated carbocycles. The van der Waals surface area contributed by atoms with E-state index in [0.717, 1.165) is 64.2 Å². The second-order valence-electron chi connectivity index (χ2n) is 18.2. The second kappa shape index (κ2) is 42.0. The molecule has 0 saturated heterocycles. The molecule has 2 N–H and O–H groups in total. The number of rotatable bonds is 45. The molecule has 1 amide bonds. The zero-order valence-electron chi connectivity index (χ0n) is 39.5. The van der Waals surface area contributed by atoms with Gasteiger partial charge in [0.2, 0.25) is 5.91 Å². The highest BCUT2D eigenvalue weighted by Crippen LogP contribution is 2.38. The van der Waals surface area contributed by atoms with E-state index < -0.39 is 20.0 Å². The van der Waals surface area contributed by atoms with E-state index in [2.05, 4.69) is 43.5 Å². The lowest BCUT2D eigenvalue weighted by atomic mass is 10.0. The first-order valence-electron chi connectivity index (χ1n) is 24.9. The van der Waals surface area contributed by atoms with E-state index in [-0.39, 0.29) is 19.1 Å². The predicted molar refractivity (Wildman–Crippen MR) is 251 cm³/mol. The Bertz CT molecular complexity index is 1060. The van der Waals surface area contributed by atoms with Gasteiger partial charge in [0, 0.05) is 6.42 Å².